The molecule has 3 aromatic carbocycles. The van der Waals surface area contributed by atoms with Crippen molar-refractivity contribution in [1.29, 1.82) is 0 Å². The molecule has 0 bridgehead atoms. The minimum absolute atomic E-state index is 0.000122. The van der Waals surface area contributed by atoms with E-state index >= 15 is 0 Å². The van der Waals surface area contributed by atoms with Gasteiger partial charge in [-0.1, -0.05) is 66.6 Å². The maximum atomic E-state index is 13.5. The van der Waals surface area contributed by atoms with Crippen molar-refractivity contribution < 1.29 is 14.0 Å². The van der Waals surface area contributed by atoms with Gasteiger partial charge in [-0.2, -0.15) is 0 Å². The molecule has 238 valence electrons. The van der Waals surface area contributed by atoms with Crippen LogP contribution in [0.5, 0.6) is 0 Å². The average Bonchev–Trinajstić information content (AvgIpc) is 3.07. The molecule has 0 unspecified atom stereocenters. The van der Waals surface area contributed by atoms with Crippen molar-refractivity contribution in [3.63, 3.8) is 0 Å². The van der Waals surface area contributed by atoms with Gasteiger partial charge in [0.2, 0.25) is 5.91 Å². The number of carbonyl (C=O) groups excluding carboxylic acids is 2. The first-order valence-electron chi connectivity index (χ1n) is 16.3. The minimum atomic E-state index is -0.423. The van der Waals surface area contributed by atoms with Gasteiger partial charge in [0.15, 0.2) is 11.2 Å². The number of fused-ring (bicyclic) bond motifs is 1. The van der Waals surface area contributed by atoms with Crippen molar-refractivity contribution in [1.82, 2.24) is 10.2 Å². The van der Waals surface area contributed by atoms with Crippen molar-refractivity contribution in [2.24, 2.45) is 0 Å². The lowest BCUT2D eigenvalue weighted by molar-refractivity contribution is -0.133. The maximum absolute atomic E-state index is 13.5. The standard InChI is InChI=1S/C38H40ClN3O4/c1-2-26-12-15-35-32(23-26)34(43)24-36(46-35)38(45)40-31(21-27-10-13-30(39)14-11-27)22-28-16-19-41(20-17-28)33-8-4-3-7-29(33)25-42-18-6-5-9-37(42)44/h3-4,7-8,10-15,22-24,31H,2,5-6,9,16-21,25H2,1H3,(H,40,45)/t31-/m1/s1. The molecule has 8 heteroatoms. The number of nitrogens with zero attached hydrogens (tertiary/aromatic N) is 2. The van der Waals surface area contributed by atoms with Gasteiger partial charge >= 0.3 is 0 Å². The van der Waals surface area contributed by atoms with Crippen LogP contribution in [0.25, 0.3) is 11.0 Å². The number of aryl methyl sites for hydroxylation is 1. The zero-order valence-corrected chi connectivity index (χ0v) is 27.0. The minimum Gasteiger partial charge on any atom is -0.451 e. The number of hydrogen-bond acceptors (Lipinski definition) is 5. The van der Waals surface area contributed by atoms with Crippen LogP contribution in [0, 0.1) is 0 Å². The number of rotatable bonds is 9. The monoisotopic (exact) mass is 637 g/mol. The quantitative estimate of drug-likeness (QED) is 0.198. The number of anilines is 1. The molecule has 2 fully saturated rings. The fourth-order valence-electron chi connectivity index (χ4n) is 6.47. The van der Waals surface area contributed by atoms with Crippen molar-refractivity contribution >= 4 is 40.1 Å². The Balaban J connectivity index is 1.18. The molecular weight excluding hydrogens is 598 g/mol. The number of piperidine rings is 2. The van der Waals surface area contributed by atoms with Gasteiger partial charge in [0.05, 0.1) is 11.4 Å². The molecule has 1 atom stereocenters. The number of hydrogen-bond donors (Lipinski definition) is 1. The molecule has 2 amide bonds. The second-order valence-electron chi connectivity index (χ2n) is 12.3. The Morgan fingerprint density at radius 1 is 0.935 bits per heavy atom. The lowest BCUT2D eigenvalue weighted by Crippen LogP contribution is -2.37. The van der Waals surface area contributed by atoms with Gasteiger partial charge in [-0.05, 0) is 85.5 Å². The second kappa shape index (κ2) is 14.4. The van der Waals surface area contributed by atoms with Crippen LogP contribution in [0.1, 0.15) is 66.3 Å². The fourth-order valence-corrected chi connectivity index (χ4v) is 6.60. The predicted molar refractivity (Wildman–Crippen MR) is 184 cm³/mol. The Morgan fingerprint density at radius 2 is 1.70 bits per heavy atom. The summed E-state index contributed by atoms with van der Waals surface area (Å²) >= 11 is 6.14. The number of halogens is 1. The summed E-state index contributed by atoms with van der Waals surface area (Å²) in [5.74, 6) is -0.180. The Kier molecular flexibility index (Phi) is 9.88. The van der Waals surface area contributed by atoms with Crippen LogP contribution in [0.3, 0.4) is 0 Å². The summed E-state index contributed by atoms with van der Waals surface area (Å²) in [5, 5.41) is 4.26. The van der Waals surface area contributed by atoms with Gasteiger partial charge in [-0.3, -0.25) is 14.4 Å². The fraction of sp³-hybridized carbons (Fsp3) is 0.342. The molecule has 3 heterocycles. The van der Waals surface area contributed by atoms with Crippen molar-refractivity contribution in [2.75, 3.05) is 24.5 Å². The van der Waals surface area contributed by atoms with Crippen LogP contribution < -0.4 is 15.6 Å². The summed E-state index contributed by atoms with van der Waals surface area (Å²) in [6.45, 7) is 5.19. The summed E-state index contributed by atoms with van der Waals surface area (Å²) < 4.78 is 5.91. The van der Waals surface area contributed by atoms with Crippen molar-refractivity contribution in [3.8, 4) is 0 Å². The van der Waals surface area contributed by atoms with Gasteiger partial charge < -0.3 is 19.5 Å². The summed E-state index contributed by atoms with van der Waals surface area (Å²) in [6.07, 6.45) is 7.93. The highest BCUT2D eigenvalue weighted by atomic mass is 35.5. The van der Waals surface area contributed by atoms with Crippen molar-refractivity contribution in [3.05, 3.63) is 122 Å². The van der Waals surface area contributed by atoms with Gasteiger partial charge in [0.1, 0.15) is 5.58 Å². The molecule has 6 rings (SSSR count). The molecule has 2 saturated heterocycles. The normalized spacial score (nSPS) is 16.0. The molecule has 2 aliphatic heterocycles. The lowest BCUT2D eigenvalue weighted by Gasteiger charge is -2.34. The average molecular weight is 638 g/mol. The predicted octanol–water partition coefficient (Wildman–Crippen LogP) is 7.09. The van der Waals surface area contributed by atoms with Gasteiger partial charge in [0, 0.05) is 49.4 Å². The van der Waals surface area contributed by atoms with E-state index in [1.165, 1.54) is 22.9 Å². The number of carbonyl (C=O) groups is 2. The number of para-hydroxylation sites is 1. The third-order valence-electron chi connectivity index (χ3n) is 9.07. The SMILES string of the molecule is CCc1ccc2oc(C(=O)N[C@@H](C=C3CCN(c4ccccc4CN4CCCCC4=O)CC3)Cc3ccc(Cl)cc3)cc(=O)c2c1. The van der Waals surface area contributed by atoms with E-state index in [9.17, 15) is 14.4 Å². The lowest BCUT2D eigenvalue weighted by atomic mass is 9.97. The Labute approximate surface area is 274 Å². The Morgan fingerprint density at radius 3 is 2.46 bits per heavy atom. The Bertz CT molecular complexity index is 1800. The summed E-state index contributed by atoms with van der Waals surface area (Å²) in [5.41, 5.74) is 5.89. The van der Waals surface area contributed by atoms with E-state index < -0.39 is 5.91 Å². The van der Waals surface area contributed by atoms with Gasteiger partial charge in [-0.15, -0.1) is 0 Å². The molecule has 7 nitrogen and oxygen atoms in total. The first-order chi connectivity index (χ1) is 22.4. The first-order valence-corrected chi connectivity index (χ1v) is 16.7. The number of amides is 2. The van der Waals surface area contributed by atoms with Crippen LogP contribution in [-0.2, 0) is 24.2 Å². The zero-order chi connectivity index (χ0) is 32.0. The highest BCUT2D eigenvalue weighted by Gasteiger charge is 2.23. The van der Waals surface area contributed by atoms with Crippen LogP contribution in [0.4, 0.5) is 5.69 Å². The summed E-state index contributed by atoms with van der Waals surface area (Å²) in [6, 6.07) is 22.5. The topological polar surface area (TPSA) is 82.9 Å². The number of benzene rings is 3. The molecule has 0 saturated carbocycles. The summed E-state index contributed by atoms with van der Waals surface area (Å²) in [7, 11) is 0. The van der Waals surface area contributed by atoms with Gasteiger partial charge in [0.25, 0.3) is 5.91 Å². The third kappa shape index (κ3) is 7.53. The third-order valence-corrected chi connectivity index (χ3v) is 9.32. The molecule has 1 N–H and O–H groups in total. The second-order valence-corrected chi connectivity index (χ2v) is 12.7. The molecule has 2 aliphatic rings. The zero-order valence-electron chi connectivity index (χ0n) is 26.3. The first kappa shape index (κ1) is 31.6. The van der Waals surface area contributed by atoms with Crippen LogP contribution in [0.2, 0.25) is 5.02 Å². The van der Waals surface area contributed by atoms with E-state index in [1.54, 1.807) is 6.07 Å². The van der Waals surface area contributed by atoms with Crippen LogP contribution >= 0.6 is 11.6 Å². The highest BCUT2D eigenvalue weighted by Crippen LogP contribution is 2.29. The molecule has 4 aromatic rings. The highest BCUT2D eigenvalue weighted by molar-refractivity contribution is 6.30. The Hall–Kier alpha value is -4.36. The van der Waals surface area contributed by atoms with E-state index in [0.717, 1.165) is 62.9 Å². The van der Waals surface area contributed by atoms with Crippen LogP contribution in [-0.4, -0.2) is 42.4 Å². The van der Waals surface area contributed by atoms with Crippen molar-refractivity contribution in [2.45, 2.75) is 64.5 Å². The van der Waals surface area contributed by atoms with Gasteiger partial charge in [-0.25, -0.2) is 0 Å². The van der Waals surface area contributed by atoms with E-state index in [0.29, 0.717) is 35.4 Å². The molecule has 0 spiro atoms. The molecule has 1 aromatic heterocycles. The largest absolute Gasteiger partial charge is 0.451 e. The smallest absolute Gasteiger partial charge is 0.287 e. The summed E-state index contributed by atoms with van der Waals surface area (Å²) in [4.78, 5) is 43.3. The number of nitrogens with one attached hydrogen (secondary N) is 1. The molecule has 46 heavy (non-hydrogen) atoms. The van der Waals surface area contributed by atoms with E-state index in [2.05, 4.69) is 34.5 Å². The van der Waals surface area contributed by atoms with Crippen LogP contribution in [0.15, 0.2) is 93.7 Å². The van der Waals surface area contributed by atoms with E-state index in [4.69, 9.17) is 16.0 Å². The van der Waals surface area contributed by atoms with E-state index in [-0.39, 0.29) is 23.1 Å². The van der Waals surface area contributed by atoms with E-state index in [1.807, 2.05) is 54.3 Å². The molecule has 0 aliphatic carbocycles. The molecular formula is C38H40ClN3O4. The molecule has 0 radical (unpaired) electrons. The maximum Gasteiger partial charge on any atom is 0.287 e. The number of likely N-dealkylation sites (tertiary alicyclic amines) is 1.